The number of aliphatic hydroxyl groups is 8. The van der Waals surface area contributed by atoms with E-state index in [1.807, 2.05) is 0 Å². The van der Waals surface area contributed by atoms with Crippen molar-refractivity contribution in [2.45, 2.75) is 36.6 Å². The molecule has 0 heterocycles. The summed E-state index contributed by atoms with van der Waals surface area (Å²) in [5.74, 6) is -3.80. The molecule has 0 aromatic carbocycles. The molecule has 6 atom stereocenters. The van der Waals surface area contributed by atoms with Crippen molar-refractivity contribution in [1.82, 2.24) is 0 Å². The summed E-state index contributed by atoms with van der Waals surface area (Å²) in [6.07, 6.45) is -11.6. The molecule has 0 unspecified atom stereocenters. The summed E-state index contributed by atoms with van der Waals surface area (Å²) in [5, 5.41) is 87.7. The summed E-state index contributed by atoms with van der Waals surface area (Å²) >= 11 is 0. The molecule has 0 bridgehead atoms. The van der Waals surface area contributed by atoms with Crippen molar-refractivity contribution >= 4 is 11.9 Å². The van der Waals surface area contributed by atoms with Crippen LogP contribution in [0.3, 0.4) is 0 Å². The van der Waals surface area contributed by atoms with Crippen LogP contribution in [0.25, 0.3) is 0 Å². The van der Waals surface area contributed by atoms with Crippen LogP contribution < -0.4 is 69.3 Å². The Labute approximate surface area is 180 Å². The molecule has 0 aliphatic rings. The fraction of sp³-hybridized carbons (Fsp3) is 0.800. The van der Waals surface area contributed by atoms with Gasteiger partial charge in [0.25, 0.3) is 0 Å². The van der Waals surface area contributed by atoms with Crippen LogP contribution in [0, 0.1) is 0 Å². The smallest absolute Gasteiger partial charge is 0.547 e. The first-order valence-electron chi connectivity index (χ1n) is 5.73. The molecule has 0 saturated carbocycles. The van der Waals surface area contributed by atoms with Gasteiger partial charge in [-0.2, -0.15) is 0 Å². The van der Waals surface area contributed by atoms with Crippen molar-refractivity contribution in [2.24, 2.45) is 0 Å². The van der Waals surface area contributed by atoms with Gasteiger partial charge in [0.2, 0.25) is 0 Å². The van der Waals surface area contributed by atoms with Crippen molar-refractivity contribution in [3.63, 3.8) is 0 Å². The van der Waals surface area contributed by atoms with E-state index >= 15 is 0 Å². The molecule has 0 amide bonds. The Hall–Kier alpha value is 0.620. The Morgan fingerprint density at radius 2 is 0.875 bits per heavy atom. The summed E-state index contributed by atoms with van der Waals surface area (Å²) in [5.41, 5.74) is 0. The maximum atomic E-state index is 9.85. The number of hydrogen-bond acceptors (Lipinski definition) is 12. The van der Waals surface area contributed by atoms with Crippen LogP contribution in [-0.4, -0.2) is 103 Å². The molecule has 0 radical (unpaired) electrons. The Morgan fingerprint density at radius 3 is 1.00 bits per heavy atom. The zero-order valence-electron chi connectivity index (χ0n) is 13.1. The van der Waals surface area contributed by atoms with Crippen LogP contribution in [0.4, 0.5) is 0 Å². The van der Waals surface area contributed by atoms with Gasteiger partial charge in [-0.15, -0.1) is 0 Å². The number of carboxylic acid groups (broad SMARTS) is 2. The van der Waals surface area contributed by atoms with Gasteiger partial charge < -0.3 is 60.7 Å². The van der Waals surface area contributed by atoms with Gasteiger partial charge in [-0.3, -0.25) is 0 Å². The van der Waals surface area contributed by atoms with E-state index in [2.05, 4.69) is 0 Å². The molecule has 0 aliphatic carbocycles. The van der Waals surface area contributed by atoms with Crippen molar-refractivity contribution in [2.75, 3.05) is 13.2 Å². The van der Waals surface area contributed by atoms with E-state index in [4.69, 9.17) is 40.9 Å². The van der Waals surface area contributed by atoms with Gasteiger partial charge in [0.15, 0.2) is 0 Å². The molecule has 0 fully saturated rings. The Balaban J connectivity index is -0.000000154. The molecule has 0 saturated heterocycles. The largest absolute Gasteiger partial charge is 1.00 e. The average Bonchev–Trinajstić information content (AvgIpc) is 2.50. The number of aliphatic carboxylic acids is 2. The van der Waals surface area contributed by atoms with Gasteiger partial charge in [-0.25, -0.2) is 0 Å². The van der Waals surface area contributed by atoms with Crippen molar-refractivity contribution in [3.05, 3.63) is 0 Å². The third-order valence-corrected chi connectivity index (χ3v) is 2.29. The third kappa shape index (κ3) is 12.9. The van der Waals surface area contributed by atoms with E-state index in [-0.39, 0.29) is 59.1 Å². The van der Waals surface area contributed by atoms with Gasteiger partial charge in [-0.1, -0.05) is 0 Å². The molecule has 0 aromatic heterocycles. The molecular formula is C10H18Na2O12. The zero-order chi connectivity index (χ0) is 18.0. The van der Waals surface area contributed by atoms with Crippen LogP contribution >= 0.6 is 0 Å². The van der Waals surface area contributed by atoms with Gasteiger partial charge in [0.1, 0.15) is 36.6 Å². The molecule has 0 rings (SSSR count). The zero-order valence-corrected chi connectivity index (χ0v) is 17.1. The van der Waals surface area contributed by atoms with Crippen LogP contribution in [-0.2, 0) is 9.59 Å². The second kappa shape index (κ2) is 17.1. The van der Waals surface area contributed by atoms with Crippen LogP contribution in [0.15, 0.2) is 0 Å². The van der Waals surface area contributed by atoms with E-state index in [0.717, 1.165) is 0 Å². The van der Waals surface area contributed by atoms with E-state index < -0.39 is 61.8 Å². The molecular weight excluding hydrogens is 358 g/mol. The van der Waals surface area contributed by atoms with Gasteiger partial charge >= 0.3 is 59.1 Å². The normalized spacial score (nSPS) is 17.3. The van der Waals surface area contributed by atoms with Crippen LogP contribution in [0.2, 0.25) is 0 Å². The van der Waals surface area contributed by atoms with Crippen molar-refractivity contribution < 1.29 is 120 Å². The fourth-order valence-electron chi connectivity index (χ4n) is 0.916. The maximum absolute atomic E-state index is 9.85. The first-order valence-corrected chi connectivity index (χ1v) is 5.73. The second-order valence-corrected chi connectivity index (χ2v) is 4.01. The molecule has 24 heavy (non-hydrogen) atoms. The summed E-state index contributed by atoms with van der Waals surface area (Å²) in [4.78, 5) is 19.7. The Kier molecular flexibility index (Phi) is 23.0. The minimum atomic E-state index is -2.18. The average molecular weight is 376 g/mol. The maximum Gasteiger partial charge on any atom is 1.00 e. The molecule has 8 N–H and O–H groups in total. The summed E-state index contributed by atoms with van der Waals surface area (Å²) in [6.45, 7) is -1.66. The van der Waals surface area contributed by atoms with Crippen LogP contribution in [0.5, 0.6) is 0 Å². The summed E-state index contributed by atoms with van der Waals surface area (Å²) in [6, 6.07) is 0. The summed E-state index contributed by atoms with van der Waals surface area (Å²) in [7, 11) is 0. The van der Waals surface area contributed by atoms with Crippen molar-refractivity contribution in [3.8, 4) is 0 Å². The molecule has 14 heteroatoms. The standard InChI is InChI=1S/2C5H10O6.2Na/c2*6-1-2(7)3(8)4(9)5(10)11;;/h2*2-4,6-9H,1H2,(H,10,11);;/q;;2*+1/p-2/t2*2-,3+,4-;;/m11../s1. The third-order valence-electron chi connectivity index (χ3n) is 2.29. The molecule has 132 valence electrons. The van der Waals surface area contributed by atoms with Gasteiger partial charge in [0.05, 0.1) is 25.2 Å². The minimum Gasteiger partial charge on any atom is -0.547 e. The van der Waals surface area contributed by atoms with Gasteiger partial charge in [-0.05, 0) is 0 Å². The van der Waals surface area contributed by atoms with Crippen molar-refractivity contribution in [1.29, 1.82) is 0 Å². The predicted octanol–water partition coefficient (Wildman–Crippen LogP) is -14.4. The molecule has 0 aromatic rings. The number of rotatable bonds is 8. The number of carbonyl (C=O) groups excluding carboxylic acids is 2. The molecule has 12 nitrogen and oxygen atoms in total. The first kappa shape index (κ1) is 32.3. The Bertz CT molecular complexity index is 312. The quantitative estimate of drug-likeness (QED) is 0.184. The fourth-order valence-corrected chi connectivity index (χ4v) is 0.916. The summed E-state index contributed by atoms with van der Waals surface area (Å²) < 4.78 is 0. The van der Waals surface area contributed by atoms with Gasteiger partial charge in [0, 0.05) is 0 Å². The van der Waals surface area contributed by atoms with E-state index in [1.54, 1.807) is 0 Å². The topological polar surface area (TPSA) is 242 Å². The number of hydrogen-bond donors (Lipinski definition) is 8. The van der Waals surface area contributed by atoms with Crippen LogP contribution in [0.1, 0.15) is 0 Å². The second-order valence-electron chi connectivity index (χ2n) is 4.01. The van der Waals surface area contributed by atoms with E-state index in [9.17, 15) is 19.8 Å². The molecule has 0 spiro atoms. The minimum absolute atomic E-state index is 0. The number of carboxylic acids is 2. The monoisotopic (exact) mass is 376 g/mol. The SMILES string of the molecule is O=C([O-])[C@H](O)[C@@H](O)[C@H](O)CO.O=C([O-])[C@H](O)[C@@H](O)[C@H](O)CO.[Na+].[Na+]. The Morgan fingerprint density at radius 1 is 0.667 bits per heavy atom. The first-order chi connectivity index (χ1) is 10.0. The predicted molar refractivity (Wildman–Crippen MR) is 60.2 cm³/mol. The number of carbonyl (C=O) groups is 2. The van der Waals surface area contributed by atoms with E-state index in [0.29, 0.717) is 0 Å². The number of aliphatic hydroxyl groups excluding tert-OH is 8. The molecule has 0 aliphatic heterocycles. The van der Waals surface area contributed by atoms with E-state index in [1.165, 1.54) is 0 Å².